The molecule has 16 heavy (non-hydrogen) atoms. The summed E-state index contributed by atoms with van der Waals surface area (Å²) in [4.78, 5) is 4.41. The summed E-state index contributed by atoms with van der Waals surface area (Å²) < 4.78 is 1.12. The molecule has 0 fully saturated rings. The number of rotatable bonds is 5. The predicted molar refractivity (Wildman–Crippen MR) is 80.8 cm³/mol. The summed E-state index contributed by atoms with van der Waals surface area (Å²) in [5.74, 6) is 0. The highest BCUT2D eigenvalue weighted by molar-refractivity contribution is 14.1. The normalized spacial score (nSPS) is 15.9. The van der Waals surface area contributed by atoms with Gasteiger partial charge in [0.2, 0.25) is 0 Å². The minimum atomic E-state index is 0.233. The monoisotopic (exact) mass is 329 g/mol. The van der Waals surface area contributed by atoms with Crippen molar-refractivity contribution in [3.05, 3.63) is 35.9 Å². The van der Waals surface area contributed by atoms with E-state index in [1.54, 1.807) is 0 Å². The van der Waals surface area contributed by atoms with Crippen LogP contribution in [0.5, 0.6) is 0 Å². The number of hydrogen-bond donors (Lipinski definition) is 0. The standard InChI is InChI=1S/C14H20IN/c1-4-14(11-15,12(2)16-3)10-13-8-6-5-7-9-13/h5-9H,4,10-11H2,1-3H3. The van der Waals surface area contributed by atoms with Crippen LogP contribution in [0.2, 0.25) is 0 Å². The predicted octanol–water partition coefficient (Wildman–Crippen LogP) is 4.15. The number of benzene rings is 1. The summed E-state index contributed by atoms with van der Waals surface area (Å²) in [5, 5.41) is 0. The number of halogens is 1. The first-order valence-electron chi connectivity index (χ1n) is 5.72. The molecule has 1 rings (SSSR count). The highest BCUT2D eigenvalue weighted by Gasteiger charge is 2.30. The average molecular weight is 329 g/mol. The van der Waals surface area contributed by atoms with Gasteiger partial charge in [0.15, 0.2) is 0 Å². The summed E-state index contributed by atoms with van der Waals surface area (Å²) in [5.41, 5.74) is 2.91. The fourth-order valence-corrected chi connectivity index (χ4v) is 3.33. The Hall–Kier alpha value is -0.380. The average Bonchev–Trinajstić information content (AvgIpc) is 2.36. The molecule has 0 aliphatic carbocycles. The van der Waals surface area contributed by atoms with Crippen LogP contribution in [0, 0.1) is 5.41 Å². The molecule has 0 N–H and O–H groups in total. The first kappa shape index (κ1) is 13.7. The lowest BCUT2D eigenvalue weighted by atomic mass is 9.77. The molecule has 0 amide bonds. The molecule has 0 aliphatic rings. The fraction of sp³-hybridized carbons (Fsp3) is 0.500. The maximum Gasteiger partial charge on any atom is 0.0276 e. The van der Waals surface area contributed by atoms with Crippen molar-refractivity contribution >= 4 is 28.3 Å². The van der Waals surface area contributed by atoms with Crippen molar-refractivity contribution in [2.75, 3.05) is 11.5 Å². The van der Waals surface area contributed by atoms with Gasteiger partial charge >= 0.3 is 0 Å². The van der Waals surface area contributed by atoms with Crippen LogP contribution >= 0.6 is 22.6 Å². The Balaban J connectivity index is 2.96. The van der Waals surface area contributed by atoms with Crippen molar-refractivity contribution in [2.24, 2.45) is 10.4 Å². The zero-order valence-electron chi connectivity index (χ0n) is 10.3. The SMILES string of the molecule is CCC(CI)(Cc1ccccc1)C(C)=NC. The second-order valence-corrected chi connectivity index (χ2v) is 5.00. The molecule has 88 valence electrons. The van der Waals surface area contributed by atoms with Crippen molar-refractivity contribution < 1.29 is 0 Å². The minimum Gasteiger partial charge on any atom is -0.297 e. The van der Waals surface area contributed by atoms with Crippen molar-refractivity contribution in [3.8, 4) is 0 Å². The smallest absolute Gasteiger partial charge is 0.0276 e. The summed E-state index contributed by atoms with van der Waals surface area (Å²) in [7, 11) is 1.90. The quantitative estimate of drug-likeness (QED) is 0.437. The Bertz CT molecular complexity index is 339. The molecule has 0 spiro atoms. The third-order valence-corrected chi connectivity index (χ3v) is 4.88. The van der Waals surface area contributed by atoms with Crippen LogP contribution in [0.25, 0.3) is 0 Å². The van der Waals surface area contributed by atoms with Gasteiger partial charge in [-0.25, -0.2) is 0 Å². The van der Waals surface area contributed by atoms with E-state index in [0.717, 1.165) is 17.3 Å². The highest BCUT2D eigenvalue weighted by Crippen LogP contribution is 2.31. The van der Waals surface area contributed by atoms with E-state index in [0.29, 0.717) is 0 Å². The van der Waals surface area contributed by atoms with Gasteiger partial charge in [0.05, 0.1) is 0 Å². The molecule has 0 saturated heterocycles. The van der Waals surface area contributed by atoms with Crippen molar-refractivity contribution in [1.82, 2.24) is 0 Å². The maximum atomic E-state index is 4.41. The van der Waals surface area contributed by atoms with Gasteiger partial charge in [-0.2, -0.15) is 0 Å². The molecule has 0 aliphatic heterocycles. The highest BCUT2D eigenvalue weighted by atomic mass is 127. The van der Waals surface area contributed by atoms with E-state index in [2.05, 4.69) is 71.8 Å². The van der Waals surface area contributed by atoms with E-state index in [4.69, 9.17) is 0 Å². The van der Waals surface area contributed by atoms with Crippen LogP contribution < -0.4 is 0 Å². The first-order chi connectivity index (χ1) is 7.68. The van der Waals surface area contributed by atoms with Crippen LogP contribution in [0.1, 0.15) is 25.8 Å². The van der Waals surface area contributed by atoms with Gasteiger partial charge in [0.25, 0.3) is 0 Å². The first-order valence-corrected chi connectivity index (χ1v) is 7.25. The third-order valence-electron chi connectivity index (χ3n) is 3.42. The zero-order chi connectivity index (χ0) is 12.0. The van der Waals surface area contributed by atoms with Gasteiger partial charge < -0.3 is 0 Å². The molecule has 0 saturated carbocycles. The molecule has 0 radical (unpaired) electrons. The maximum absolute atomic E-state index is 4.41. The molecular weight excluding hydrogens is 309 g/mol. The van der Waals surface area contributed by atoms with Crippen LogP contribution in [0.15, 0.2) is 35.3 Å². The molecule has 1 atom stereocenters. The van der Waals surface area contributed by atoms with E-state index < -0.39 is 0 Å². The Morgan fingerprint density at radius 2 is 1.94 bits per heavy atom. The zero-order valence-corrected chi connectivity index (χ0v) is 12.5. The van der Waals surface area contributed by atoms with Gasteiger partial charge in [-0.15, -0.1) is 0 Å². The Morgan fingerprint density at radius 1 is 1.31 bits per heavy atom. The number of alkyl halides is 1. The number of hydrogen-bond acceptors (Lipinski definition) is 1. The van der Waals surface area contributed by atoms with E-state index in [1.165, 1.54) is 11.3 Å². The summed E-state index contributed by atoms with van der Waals surface area (Å²) >= 11 is 2.49. The van der Waals surface area contributed by atoms with Gasteiger partial charge in [-0.3, -0.25) is 4.99 Å². The molecular formula is C14H20IN. The Kier molecular flexibility index (Phi) is 5.46. The molecule has 1 aromatic carbocycles. The fourth-order valence-electron chi connectivity index (χ4n) is 1.97. The molecule has 1 nitrogen and oxygen atoms in total. The summed E-state index contributed by atoms with van der Waals surface area (Å²) in [6.07, 6.45) is 2.24. The van der Waals surface area contributed by atoms with Crippen LogP contribution in [-0.4, -0.2) is 17.2 Å². The summed E-state index contributed by atoms with van der Waals surface area (Å²) in [6, 6.07) is 10.7. The molecule has 2 heteroatoms. The van der Waals surface area contributed by atoms with Crippen molar-refractivity contribution in [2.45, 2.75) is 26.7 Å². The lowest BCUT2D eigenvalue weighted by Crippen LogP contribution is -2.33. The van der Waals surface area contributed by atoms with E-state index >= 15 is 0 Å². The van der Waals surface area contributed by atoms with Gasteiger partial charge in [0, 0.05) is 22.6 Å². The van der Waals surface area contributed by atoms with Crippen LogP contribution in [-0.2, 0) is 6.42 Å². The molecule has 1 aromatic rings. The Morgan fingerprint density at radius 3 is 2.38 bits per heavy atom. The molecule has 0 aromatic heterocycles. The van der Waals surface area contributed by atoms with Crippen LogP contribution in [0.3, 0.4) is 0 Å². The minimum absolute atomic E-state index is 0.233. The largest absolute Gasteiger partial charge is 0.297 e. The number of aliphatic imine (C=N–C) groups is 1. The Labute approximate surface area is 113 Å². The second kappa shape index (κ2) is 6.38. The van der Waals surface area contributed by atoms with Gasteiger partial charge in [0.1, 0.15) is 0 Å². The topological polar surface area (TPSA) is 12.4 Å². The lowest BCUT2D eigenvalue weighted by molar-refractivity contribution is 0.461. The van der Waals surface area contributed by atoms with Gasteiger partial charge in [-0.1, -0.05) is 59.8 Å². The van der Waals surface area contributed by atoms with Crippen molar-refractivity contribution in [3.63, 3.8) is 0 Å². The third kappa shape index (κ3) is 3.06. The molecule has 0 bridgehead atoms. The van der Waals surface area contributed by atoms with Crippen LogP contribution in [0.4, 0.5) is 0 Å². The van der Waals surface area contributed by atoms with E-state index in [-0.39, 0.29) is 5.41 Å². The lowest BCUT2D eigenvalue weighted by Gasteiger charge is -2.31. The molecule has 0 heterocycles. The molecule has 1 unspecified atom stereocenters. The second-order valence-electron chi connectivity index (χ2n) is 4.24. The van der Waals surface area contributed by atoms with Crippen molar-refractivity contribution in [1.29, 1.82) is 0 Å². The van der Waals surface area contributed by atoms with E-state index in [9.17, 15) is 0 Å². The number of nitrogens with zero attached hydrogens (tertiary/aromatic N) is 1. The summed E-state index contributed by atoms with van der Waals surface area (Å²) in [6.45, 7) is 4.42. The van der Waals surface area contributed by atoms with Gasteiger partial charge in [-0.05, 0) is 25.3 Å². The van der Waals surface area contributed by atoms with E-state index in [1.807, 2.05) is 7.05 Å².